The summed E-state index contributed by atoms with van der Waals surface area (Å²) in [5.74, 6) is 0. The predicted octanol–water partition coefficient (Wildman–Crippen LogP) is 10.0. The number of furan rings is 1. The summed E-state index contributed by atoms with van der Waals surface area (Å²) in [6.45, 7) is 0. The smallest absolute Gasteiger partial charge is 0.137 e. The van der Waals surface area contributed by atoms with Crippen LogP contribution in [0.15, 0.2) is 144 Å². The maximum Gasteiger partial charge on any atom is 0.137 e. The van der Waals surface area contributed by atoms with Crippen molar-refractivity contribution in [2.75, 3.05) is 0 Å². The van der Waals surface area contributed by atoms with E-state index in [2.05, 4.69) is 132 Å². The molecule has 0 saturated carbocycles. The summed E-state index contributed by atoms with van der Waals surface area (Å²) in [5, 5.41) is 4.75. The van der Waals surface area contributed by atoms with Crippen molar-refractivity contribution in [3.8, 4) is 27.9 Å². The van der Waals surface area contributed by atoms with Gasteiger partial charge in [-0.15, -0.1) is 0 Å². The lowest BCUT2D eigenvalue weighted by Gasteiger charge is -2.10. The molecule has 8 aromatic rings. The van der Waals surface area contributed by atoms with E-state index in [0.717, 1.165) is 27.6 Å². The van der Waals surface area contributed by atoms with Crippen molar-refractivity contribution in [3.63, 3.8) is 0 Å². The van der Waals surface area contributed by atoms with Crippen molar-refractivity contribution in [1.82, 2.24) is 4.57 Å². The Morgan fingerprint density at radius 1 is 0.395 bits per heavy atom. The zero-order chi connectivity index (χ0) is 25.1. The summed E-state index contributed by atoms with van der Waals surface area (Å²) in [5.41, 5.74) is 10.2. The van der Waals surface area contributed by atoms with Gasteiger partial charge in [0.2, 0.25) is 0 Å². The van der Waals surface area contributed by atoms with Crippen LogP contribution >= 0.6 is 0 Å². The molecule has 0 atom stereocenters. The highest BCUT2D eigenvalue weighted by atomic mass is 16.3. The third-order valence-corrected chi connectivity index (χ3v) is 7.60. The van der Waals surface area contributed by atoms with E-state index >= 15 is 0 Å². The summed E-state index contributed by atoms with van der Waals surface area (Å²) in [6, 6.07) is 49.6. The van der Waals surface area contributed by atoms with Crippen LogP contribution in [0.5, 0.6) is 0 Å². The standard InChI is InChI=1S/C36H23NO/c1-3-10-24(11-4-1)26-18-20-31-29(22-26)30-23-27(25-12-5-2-6-13-25)19-21-32(30)37(31)33-15-9-17-35-36(33)28-14-7-8-16-34(28)38-35/h1-23H. The molecule has 0 unspecified atom stereocenters. The second-order valence-electron chi connectivity index (χ2n) is 9.78. The molecule has 0 N–H and O–H groups in total. The van der Waals surface area contributed by atoms with E-state index < -0.39 is 0 Å². The maximum absolute atomic E-state index is 6.26. The molecule has 0 fully saturated rings. The average molecular weight is 486 g/mol. The van der Waals surface area contributed by atoms with E-state index in [4.69, 9.17) is 4.42 Å². The lowest BCUT2D eigenvalue weighted by molar-refractivity contribution is 0.669. The van der Waals surface area contributed by atoms with Crippen LogP contribution in [0.1, 0.15) is 0 Å². The van der Waals surface area contributed by atoms with Crippen molar-refractivity contribution >= 4 is 43.7 Å². The van der Waals surface area contributed by atoms with E-state index in [0.29, 0.717) is 0 Å². The Morgan fingerprint density at radius 3 is 1.58 bits per heavy atom. The first kappa shape index (κ1) is 21.0. The second kappa shape index (κ2) is 8.22. The van der Waals surface area contributed by atoms with Crippen molar-refractivity contribution in [2.24, 2.45) is 0 Å². The van der Waals surface area contributed by atoms with Crippen LogP contribution in [0.3, 0.4) is 0 Å². The van der Waals surface area contributed by atoms with Crippen molar-refractivity contribution < 1.29 is 4.42 Å². The first-order chi connectivity index (χ1) is 18.8. The van der Waals surface area contributed by atoms with Gasteiger partial charge >= 0.3 is 0 Å². The minimum Gasteiger partial charge on any atom is -0.456 e. The monoisotopic (exact) mass is 485 g/mol. The highest BCUT2D eigenvalue weighted by Gasteiger charge is 2.18. The Morgan fingerprint density at radius 2 is 0.947 bits per heavy atom. The van der Waals surface area contributed by atoms with E-state index in [9.17, 15) is 0 Å². The molecule has 38 heavy (non-hydrogen) atoms. The molecule has 0 amide bonds. The van der Waals surface area contributed by atoms with Crippen LogP contribution in [0, 0.1) is 0 Å². The van der Waals surface area contributed by atoms with Gasteiger partial charge in [0.25, 0.3) is 0 Å². The summed E-state index contributed by atoms with van der Waals surface area (Å²) in [7, 11) is 0. The number of para-hydroxylation sites is 1. The molecule has 0 aliphatic rings. The molecule has 178 valence electrons. The summed E-state index contributed by atoms with van der Waals surface area (Å²) >= 11 is 0. The molecule has 0 radical (unpaired) electrons. The highest BCUT2D eigenvalue weighted by Crippen LogP contribution is 2.40. The Balaban J connectivity index is 1.49. The topological polar surface area (TPSA) is 18.1 Å². The lowest BCUT2D eigenvalue weighted by Crippen LogP contribution is -1.94. The highest BCUT2D eigenvalue weighted by molar-refractivity contribution is 6.15. The fraction of sp³-hybridized carbons (Fsp3) is 0. The SMILES string of the molecule is c1ccc(-c2ccc3c(c2)c2cc(-c4ccccc4)ccc2n3-c2cccc3oc4ccccc4c23)cc1. The molecule has 0 aliphatic heterocycles. The van der Waals surface area contributed by atoms with Gasteiger partial charge in [0.1, 0.15) is 11.2 Å². The Labute approximate surface area is 220 Å². The third kappa shape index (κ3) is 3.14. The fourth-order valence-corrected chi connectivity index (χ4v) is 5.85. The molecule has 0 spiro atoms. The number of aromatic nitrogens is 1. The average Bonchev–Trinajstić information content (AvgIpc) is 3.53. The van der Waals surface area contributed by atoms with Gasteiger partial charge in [-0.3, -0.25) is 0 Å². The van der Waals surface area contributed by atoms with Gasteiger partial charge < -0.3 is 8.98 Å². The predicted molar refractivity (Wildman–Crippen MR) is 159 cm³/mol. The van der Waals surface area contributed by atoms with Gasteiger partial charge in [-0.25, -0.2) is 0 Å². The number of fused-ring (bicyclic) bond motifs is 6. The largest absolute Gasteiger partial charge is 0.456 e. The van der Waals surface area contributed by atoms with Gasteiger partial charge in [-0.2, -0.15) is 0 Å². The summed E-state index contributed by atoms with van der Waals surface area (Å²) in [4.78, 5) is 0. The molecule has 0 saturated heterocycles. The Hall–Kier alpha value is -5.08. The molecular formula is C36H23NO. The van der Waals surface area contributed by atoms with E-state index in [1.54, 1.807) is 0 Å². The first-order valence-corrected chi connectivity index (χ1v) is 12.9. The van der Waals surface area contributed by atoms with Gasteiger partial charge in [0, 0.05) is 16.2 Å². The van der Waals surface area contributed by atoms with Crippen LogP contribution in [-0.4, -0.2) is 4.57 Å². The van der Waals surface area contributed by atoms with Crippen LogP contribution in [0.25, 0.3) is 71.7 Å². The molecule has 2 heterocycles. The maximum atomic E-state index is 6.26. The number of hydrogen-bond acceptors (Lipinski definition) is 1. The molecular weight excluding hydrogens is 462 g/mol. The molecule has 6 aromatic carbocycles. The molecule has 0 aliphatic carbocycles. The molecule has 2 aromatic heterocycles. The van der Waals surface area contributed by atoms with Crippen LogP contribution in [-0.2, 0) is 0 Å². The van der Waals surface area contributed by atoms with Crippen LogP contribution < -0.4 is 0 Å². The lowest BCUT2D eigenvalue weighted by atomic mass is 10.0. The van der Waals surface area contributed by atoms with Crippen LogP contribution in [0.2, 0.25) is 0 Å². The molecule has 2 nitrogen and oxygen atoms in total. The van der Waals surface area contributed by atoms with Crippen molar-refractivity contribution in [3.05, 3.63) is 140 Å². The normalized spacial score (nSPS) is 11.7. The Bertz CT molecular complexity index is 2020. The van der Waals surface area contributed by atoms with Crippen LogP contribution in [0.4, 0.5) is 0 Å². The molecule has 0 bridgehead atoms. The number of rotatable bonds is 3. The van der Waals surface area contributed by atoms with E-state index in [-0.39, 0.29) is 0 Å². The first-order valence-electron chi connectivity index (χ1n) is 12.9. The van der Waals surface area contributed by atoms with Gasteiger partial charge in [-0.05, 0) is 64.7 Å². The zero-order valence-corrected chi connectivity index (χ0v) is 20.6. The second-order valence-corrected chi connectivity index (χ2v) is 9.78. The van der Waals surface area contributed by atoms with E-state index in [1.165, 1.54) is 44.1 Å². The minimum atomic E-state index is 0.903. The zero-order valence-electron chi connectivity index (χ0n) is 20.6. The van der Waals surface area contributed by atoms with Crippen molar-refractivity contribution in [1.29, 1.82) is 0 Å². The van der Waals surface area contributed by atoms with Gasteiger partial charge in [-0.1, -0.05) is 97.1 Å². The number of benzene rings is 6. The van der Waals surface area contributed by atoms with E-state index in [1.807, 2.05) is 12.1 Å². The summed E-state index contributed by atoms with van der Waals surface area (Å²) in [6.07, 6.45) is 0. The summed E-state index contributed by atoms with van der Waals surface area (Å²) < 4.78 is 8.66. The Kier molecular flexibility index (Phi) is 4.55. The van der Waals surface area contributed by atoms with Gasteiger partial charge in [0.15, 0.2) is 0 Å². The molecule has 8 rings (SSSR count). The molecule has 2 heteroatoms. The quantitative estimate of drug-likeness (QED) is 0.243. The third-order valence-electron chi connectivity index (χ3n) is 7.60. The van der Waals surface area contributed by atoms with Crippen molar-refractivity contribution in [2.45, 2.75) is 0 Å². The number of hydrogen-bond donors (Lipinski definition) is 0. The minimum absolute atomic E-state index is 0.903. The fourth-order valence-electron chi connectivity index (χ4n) is 5.85. The van der Waals surface area contributed by atoms with Gasteiger partial charge in [0.05, 0.1) is 22.1 Å². The number of nitrogens with zero attached hydrogens (tertiary/aromatic N) is 1.